The van der Waals surface area contributed by atoms with Gasteiger partial charge in [0.1, 0.15) is 0 Å². The zero-order valence-corrected chi connectivity index (χ0v) is 26.1. The molecule has 10 nitrogen and oxygen atoms in total. The monoisotopic (exact) mass is 652 g/mol. The normalized spacial score (nSPS) is 11.3. The Hall–Kier alpha value is -4.65. The summed E-state index contributed by atoms with van der Waals surface area (Å²) in [5.74, 6) is -1.58. The third-order valence-electron chi connectivity index (χ3n) is 6.42. The molecule has 0 aromatic heterocycles. The summed E-state index contributed by atoms with van der Waals surface area (Å²) < 4.78 is 56.6. The number of anilines is 2. The first-order chi connectivity index (χ1) is 20.8. The number of carbonyl (C=O) groups is 2. The average molecular weight is 653 g/mol. The predicted octanol–water partition coefficient (Wildman–Crippen LogP) is 5.21. The summed E-state index contributed by atoms with van der Waals surface area (Å²) in [5.41, 5.74) is 6.86. The predicted molar refractivity (Wildman–Crippen MR) is 171 cm³/mol. The molecule has 0 saturated carbocycles. The Bertz CT molecular complexity index is 1950. The summed E-state index contributed by atoms with van der Waals surface area (Å²) in [7, 11) is -8.14. The summed E-state index contributed by atoms with van der Waals surface area (Å²) in [6.45, 7) is 7.27. The first-order valence-electron chi connectivity index (χ1n) is 13.1. The van der Waals surface area contributed by atoms with Gasteiger partial charge in [-0.15, -0.1) is 6.58 Å². The van der Waals surface area contributed by atoms with Gasteiger partial charge in [-0.3, -0.25) is 29.5 Å². The van der Waals surface area contributed by atoms with Crippen molar-refractivity contribution in [3.8, 4) is 0 Å². The first-order valence-corrected chi connectivity index (χ1v) is 16.4. The van der Waals surface area contributed by atoms with Gasteiger partial charge in [-0.05, 0) is 86.1 Å². The number of carbonyl (C=O) groups excluding carboxylic acids is 2. The van der Waals surface area contributed by atoms with Crippen LogP contribution in [0.5, 0.6) is 0 Å². The van der Waals surface area contributed by atoms with Crippen molar-refractivity contribution >= 4 is 54.8 Å². The second kappa shape index (κ2) is 13.3. The van der Waals surface area contributed by atoms with Crippen LogP contribution in [-0.4, -0.2) is 35.2 Å². The second-order valence-electron chi connectivity index (χ2n) is 9.69. The fourth-order valence-corrected chi connectivity index (χ4v) is 6.97. The van der Waals surface area contributed by atoms with Crippen LogP contribution in [0, 0.1) is 13.8 Å². The number of rotatable bonds is 10. The molecule has 4 aromatic rings. The first kappa shape index (κ1) is 32.3. The summed E-state index contributed by atoms with van der Waals surface area (Å²) in [4.78, 5) is 25.4. The highest BCUT2D eigenvalue weighted by molar-refractivity contribution is 7.93. The maximum Gasteiger partial charge on any atom is 0.269 e. The highest BCUT2D eigenvalue weighted by atomic mass is 35.5. The second-order valence-corrected chi connectivity index (χ2v) is 13.7. The summed E-state index contributed by atoms with van der Waals surface area (Å²) in [6.07, 6.45) is 1.43. The van der Waals surface area contributed by atoms with Crippen molar-refractivity contribution in [1.29, 1.82) is 0 Å². The number of amides is 2. The van der Waals surface area contributed by atoms with E-state index in [9.17, 15) is 26.4 Å². The SMILES string of the molecule is C=CCN(c1ccc(Cl)cc1)S(=O)(=O)c1cccc(C(=O)NNC(=O)c2cccc(S(=O)(=O)Nc3ccc(C)cc3C)c2)c1. The number of halogens is 1. The fraction of sp³-hybridized carbons (Fsp3) is 0.0968. The lowest BCUT2D eigenvalue weighted by Crippen LogP contribution is -2.41. The lowest BCUT2D eigenvalue weighted by atomic mass is 10.1. The van der Waals surface area contributed by atoms with Crippen molar-refractivity contribution in [2.24, 2.45) is 0 Å². The molecule has 4 rings (SSSR count). The Balaban J connectivity index is 1.48. The van der Waals surface area contributed by atoms with E-state index in [4.69, 9.17) is 11.6 Å². The minimum absolute atomic E-state index is 0.0341. The van der Waals surface area contributed by atoms with Gasteiger partial charge in [0.2, 0.25) is 0 Å². The molecule has 13 heteroatoms. The van der Waals surface area contributed by atoms with Crippen molar-refractivity contribution in [1.82, 2.24) is 10.9 Å². The largest absolute Gasteiger partial charge is 0.279 e. The molecule has 2 amide bonds. The molecule has 0 saturated heterocycles. The number of sulfonamides is 2. The molecule has 0 fully saturated rings. The Kier molecular flexibility index (Phi) is 9.78. The molecule has 0 unspecified atom stereocenters. The lowest BCUT2D eigenvalue weighted by Gasteiger charge is -2.23. The molecule has 4 aromatic carbocycles. The zero-order valence-electron chi connectivity index (χ0n) is 23.7. The van der Waals surface area contributed by atoms with Gasteiger partial charge in [-0.1, -0.05) is 47.5 Å². The molecule has 0 heterocycles. The smallest absolute Gasteiger partial charge is 0.269 e. The molecule has 44 heavy (non-hydrogen) atoms. The van der Waals surface area contributed by atoms with Gasteiger partial charge < -0.3 is 0 Å². The Labute approximate surface area is 261 Å². The number of nitrogens with zero attached hydrogens (tertiary/aromatic N) is 1. The van der Waals surface area contributed by atoms with Crippen LogP contribution in [0.25, 0.3) is 0 Å². The number of hydrazine groups is 1. The lowest BCUT2D eigenvalue weighted by molar-refractivity contribution is 0.0846. The van der Waals surface area contributed by atoms with E-state index in [1.807, 2.05) is 13.0 Å². The zero-order chi connectivity index (χ0) is 32.1. The minimum atomic E-state index is -4.12. The highest BCUT2D eigenvalue weighted by Crippen LogP contribution is 2.26. The summed E-state index contributed by atoms with van der Waals surface area (Å²) >= 11 is 5.95. The van der Waals surface area contributed by atoms with E-state index in [1.54, 1.807) is 43.3 Å². The Morgan fingerprint density at radius 3 is 1.93 bits per heavy atom. The minimum Gasteiger partial charge on any atom is -0.279 e. The third kappa shape index (κ3) is 7.46. The maximum absolute atomic E-state index is 13.5. The number of aryl methyl sites for hydroxylation is 2. The van der Waals surface area contributed by atoms with E-state index in [0.29, 0.717) is 16.4 Å². The van der Waals surface area contributed by atoms with Gasteiger partial charge in [0.15, 0.2) is 0 Å². The Morgan fingerprint density at radius 2 is 1.36 bits per heavy atom. The van der Waals surface area contributed by atoms with Crippen molar-refractivity contribution < 1.29 is 26.4 Å². The van der Waals surface area contributed by atoms with Crippen LogP contribution < -0.4 is 19.9 Å². The van der Waals surface area contributed by atoms with E-state index in [0.717, 1.165) is 15.4 Å². The quantitative estimate of drug-likeness (QED) is 0.159. The van der Waals surface area contributed by atoms with E-state index < -0.39 is 31.9 Å². The molecule has 0 aliphatic rings. The molecule has 3 N–H and O–H groups in total. The number of hydrogen-bond acceptors (Lipinski definition) is 6. The van der Waals surface area contributed by atoms with Crippen LogP contribution in [0.4, 0.5) is 11.4 Å². The topological polar surface area (TPSA) is 142 Å². The average Bonchev–Trinajstić information content (AvgIpc) is 3.00. The van der Waals surface area contributed by atoms with E-state index in [-0.39, 0.29) is 27.5 Å². The van der Waals surface area contributed by atoms with E-state index >= 15 is 0 Å². The van der Waals surface area contributed by atoms with Crippen LogP contribution in [0.3, 0.4) is 0 Å². The van der Waals surface area contributed by atoms with Gasteiger partial charge in [0.05, 0.1) is 27.7 Å². The van der Waals surface area contributed by atoms with Crippen molar-refractivity contribution in [3.63, 3.8) is 0 Å². The highest BCUT2D eigenvalue weighted by Gasteiger charge is 2.25. The molecular weight excluding hydrogens is 624 g/mol. The van der Waals surface area contributed by atoms with Gasteiger partial charge >= 0.3 is 0 Å². The van der Waals surface area contributed by atoms with Gasteiger partial charge in [-0.2, -0.15) is 0 Å². The van der Waals surface area contributed by atoms with Crippen molar-refractivity contribution in [3.05, 3.63) is 131 Å². The maximum atomic E-state index is 13.5. The Morgan fingerprint density at radius 1 is 0.795 bits per heavy atom. The van der Waals surface area contributed by atoms with Crippen LogP contribution in [0.1, 0.15) is 31.8 Å². The number of hydrogen-bond donors (Lipinski definition) is 3. The molecule has 0 bridgehead atoms. The molecular formula is C31H29ClN4O6S2. The summed E-state index contributed by atoms with van der Waals surface area (Å²) in [5, 5.41) is 0.438. The van der Waals surface area contributed by atoms with Gasteiger partial charge in [-0.25, -0.2) is 16.8 Å². The van der Waals surface area contributed by atoms with E-state index in [1.165, 1.54) is 54.6 Å². The number of nitrogens with one attached hydrogen (secondary N) is 3. The standard InChI is InChI=1S/C31H29ClN4O6S2/c1-4-17-36(26-14-12-25(32)13-15-26)44(41,42)28-10-6-8-24(20-28)31(38)34-33-30(37)23-7-5-9-27(19-23)43(39,40)35-29-16-11-21(2)18-22(29)3/h4-16,18-20,35H,1,17H2,2-3H3,(H,33,37)(H,34,38). The van der Waals surface area contributed by atoms with Gasteiger partial charge in [0.25, 0.3) is 31.9 Å². The van der Waals surface area contributed by atoms with Gasteiger partial charge in [0, 0.05) is 16.1 Å². The fourth-order valence-electron chi connectivity index (χ4n) is 4.19. The molecule has 0 spiro atoms. The number of benzene rings is 4. The van der Waals surface area contributed by atoms with Crippen molar-refractivity contribution in [2.45, 2.75) is 23.6 Å². The van der Waals surface area contributed by atoms with E-state index in [2.05, 4.69) is 22.2 Å². The third-order valence-corrected chi connectivity index (χ3v) is 9.82. The molecule has 0 aliphatic heterocycles. The van der Waals surface area contributed by atoms with Crippen LogP contribution >= 0.6 is 11.6 Å². The van der Waals surface area contributed by atoms with Crippen molar-refractivity contribution in [2.75, 3.05) is 15.6 Å². The molecule has 0 atom stereocenters. The molecule has 0 radical (unpaired) electrons. The van der Waals surface area contributed by atoms with Crippen LogP contribution in [-0.2, 0) is 20.0 Å². The summed E-state index contributed by atoms with van der Waals surface area (Å²) in [6, 6.07) is 22.1. The molecule has 228 valence electrons. The van der Waals surface area contributed by atoms with Crippen LogP contribution in [0.15, 0.2) is 113 Å². The van der Waals surface area contributed by atoms with Crippen LogP contribution in [0.2, 0.25) is 5.02 Å². The molecule has 0 aliphatic carbocycles.